The lowest BCUT2D eigenvalue weighted by Crippen LogP contribution is -2.43. The maximum Gasteiger partial charge on any atom is 0.265 e. The molecule has 4 nitrogen and oxygen atoms in total. The number of aryl methyl sites for hydroxylation is 1. The average Bonchev–Trinajstić information content (AvgIpc) is 2.69. The van der Waals surface area contributed by atoms with Crippen molar-refractivity contribution in [3.8, 4) is 0 Å². The molecule has 1 fully saturated rings. The van der Waals surface area contributed by atoms with E-state index in [4.69, 9.17) is 5.21 Å². The highest BCUT2D eigenvalue weighted by Crippen LogP contribution is 2.29. The van der Waals surface area contributed by atoms with Gasteiger partial charge in [-0.15, -0.1) is 0 Å². The molecule has 1 unspecified atom stereocenters. The van der Waals surface area contributed by atoms with Crippen LogP contribution in [0.3, 0.4) is 0 Å². The highest BCUT2D eigenvalue weighted by Gasteiger charge is 2.30. The lowest BCUT2D eigenvalue weighted by Gasteiger charge is -2.36. The molecule has 1 heterocycles. The molecule has 1 saturated heterocycles. The molecule has 3 rings (SSSR count). The fourth-order valence-electron chi connectivity index (χ4n) is 3.74. The van der Waals surface area contributed by atoms with Crippen molar-refractivity contribution < 1.29 is 10.0 Å². The molecule has 132 valence electrons. The number of hydrogen-bond acceptors (Lipinski definition) is 3. The van der Waals surface area contributed by atoms with Crippen molar-refractivity contribution in [2.75, 3.05) is 13.1 Å². The molecular weight excluding hydrogens is 312 g/mol. The van der Waals surface area contributed by atoms with Crippen LogP contribution in [0.1, 0.15) is 36.4 Å². The summed E-state index contributed by atoms with van der Waals surface area (Å²) in [5.74, 6) is 0.346. The normalized spacial score (nSPS) is 17.2. The molecule has 0 aliphatic carbocycles. The number of nitrogens with zero attached hydrogens (tertiary/aromatic N) is 1. The molecular formula is C21H26N2O2. The summed E-state index contributed by atoms with van der Waals surface area (Å²) in [7, 11) is 0. The number of nitrogens with one attached hydrogen (secondary N) is 1. The van der Waals surface area contributed by atoms with Gasteiger partial charge in [0.15, 0.2) is 0 Å². The van der Waals surface area contributed by atoms with Crippen LogP contribution in [0.5, 0.6) is 0 Å². The van der Waals surface area contributed by atoms with E-state index >= 15 is 0 Å². The molecule has 2 aromatic carbocycles. The molecule has 1 amide bonds. The zero-order valence-electron chi connectivity index (χ0n) is 14.5. The highest BCUT2D eigenvalue weighted by atomic mass is 16.5. The van der Waals surface area contributed by atoms with Crippen LogP contribution in [0.25, 0.3) is 0 Å². The van der Waals surface area contributed by atoms with Crippen LogP contribution in [0.4, 0.5) is 0 Å². The summed E-state index contributed by atoms with van der Waals surface area (Å²) < 4.78 is 0. The van der Waals surface area contributed by atoms with Gasteiger partial charge in [0.1, 0.15) is 6.04 Å². The molecule has 1 aliphatic heterocycles. The van der Waals surface area contributed by atoms with Gasteiger partial charge in [-0.2, -0.15) is 0 Å². The van der Waals surface area contributed by atoms with Gasteiger partial charge in [-0.3, -0.25) is 14.9 Å². The number of carbonyl (C=O) groups is 1. The van der Waals surface area contributed by atoms with Crippen LogP contribution in [0, 0.1) is 5.92 Å². The van der Waals surface area contributed by atoms with E-state index in [1.165, 1.54) is 12.0 Å². The van der Waals surface area contributed by atoms with Gasteiger partial charge in [-0.05, 0) is 55.8 Å². The highest BCUT2D eigenvalue weighted by molar-refractivity contribution is 5.82. The number of amides is 1. The topological polar surface area (TPSA) is 52.6 Å². The molecule has 1 aliphatic rings. The van der Waals surface area contributed by atoms with Crippen molar-refractivity contribution in [3.63, 3.8) is 0 Å². The summed E-state index contributed by atoms with van der Waals surface area (Å²) in [5.41, 5.74) is 4.16. The Hall–Kier alpha value is -2.17. The van der Waals surface area contributed by atoms with Gasteiger partial charge in [-0.1, -0.05) is 60.7 Å². The number of benzene rings is 2. The Morgan fingerprint density at radius 1 is 1.04 bits per heavy atom. The Kier molecular flexibility index (Phi) is 6.20. The largest absolute Gasteiger partial charge is 0.289 e. The number of hydrogen-bond donors (Lipinski definition) is 2. The molecule has 4 heteroatoms. The Morgan fingerprint density at radius 2 is 1.64 bits per heavy atom. The molecule has 2 N–H and O–H groups in total. The van der Waals surface area contributed by atoms with E-state index in [9.17, 15) is 4.79 Å². The monoisotopic (exact) mass is 338 g/mol. The van der Waals surface area contributed by atoms with Crippen molar-refractivity contribution in [1.29, 1.82) is 0 Å². The predicted octanol–water partition coefficient (Wildman–Crippen LogP) is 3.58. The molecule has 0 aromatic heterocycles. The number of hydroxylamine groups is 1. The summed E-state index contributed by atoms with van der Waals surface area (Å²) >= 11 is 0. The molecule has 0 spiro atoms. The zero-order valence-corrected chi connectivity index (χ0v) is 14.5. The van der Waals surface area contributed by atoms with Crippen molar-refractivity contribution in [3.05, 3.63) is 71.8 Å². The molecule has 0 radical (unpaired) electrons. The SMILES string of the molecule is O=C(NO)C(c1ccccc1)N1CCC(CCc2ccccc2)CC1. The Labute approximate surface area is 149 Å². The first-order chi connectivity index (χ1) is 12.3. The van der Waals surface area contributed by atoms with Crippen molar-refractivity contribution in [1.82, 2.24) is 10.4 Å². The summed E-state index contributed by atoms with van der Waals surface area (Å²) in [6.45, 7) is 1.76. The number of rotatable bonds is 6. The van der Waals surface area contributed by atoms with Gasteiger partial charge in [0.2, 0.25) is 0 Å². The Morgan fingerprint density at radius 3 is 2.24 bits per heavy atom. The van der Waals surface area contributed by atoms with Gasteiger partial charge < -0.3 is 0 Å². The van der Waals surface area contributed by atoms with Crippen LogP contribution in [0.15, 0.2) is 60.7 Å². The minimum Gasteiger partial charge on any atom is -0.289 e. The van der Waals surface area contributed by atoms with E-state index < -0.39 is 6.04 Å². The maximum absolute atomic E-state index is 12.2. The van der Waals surface area contributed by atoms with E-state index in [0.717, 1.165) is 37.9 Å². The van der Waals surface area contributed by atoms with E-state index in [1.807, 2.05) is 35.8 Å². The third kappa shape index (κ3) is 4.68. The number of likely N-dealkylation sites (tertiary alicyclic amines) is 1. The lowest BCUT2D eigenvalue weighted by atomic mass is 9.89. The summed E-state index contributed by atoms with van der Waals surface area (Å²) in [6, 6.07) is 19.9. The fourth-order valence-corrected chi connectivity index (χ4v) is 3.74. The van der Waals surface area contributed by atoms with Gasteiger partial charge in [0, 0.05) is 0 Å². The smallest absolute Gasteiger partial charge is 0.265 e. The second-order valence-corrected chi connectivity index (χ2v) is 6.79. The predicted molar refractivity (Wildman–Crippen MR) is 98.2 cm³/mol. The Balaban J connectivity index is 1.57. The van der Waals surface area contributed by atoms with Crippen molar-refractivity contribution >= 4 is 5.91 Å². The van der Waals surface area contributed by atoms with E-state index in [1.54, 1.807) is 0 Å². The average molecular weight is 338 g/mol. The quantitative estimate of drug-likeness (QED) is 0.625. The molecule has 2 aromatic rings. The number of piperidine rings is 1. The van der Waals surface area contributed by atoms with Crippen molar-refractivity contribution in [2.24, 2.45) is 5.92 Å². The molecule has 25 heavy (non-hydrogen) atoms. The second kappa shape index (κ2) is 8.79. The standard InChI is InChI=1S/C21H26N2O2/c24-21(22-25)20(19-9-5-2-6-10-19)23-15-13-18(14-16-23)12-11-17-7-3-1-4-8-17/h1-10,18,20,25H,11-16H2,(H,22,24). The van der Waals surface area contributed by atoms with Crippen LogP contribution >= 0.6 is 0 Å². The third-order valence-corrected chi connectivity index (χ3v) is 5.17. The van der Waals surface area contributed by atoms with E-state index in [-0.39, 0.29) is 5.91 Å². The van der Waals surface area contributed by atoms with Gasteiger partial charge in [-0.25, -0.2) is 5.48 Å². The summed E-state index contributed by atoms with van der Waals surface area (Å²) in [5, 5.41) is 9.13. The maximum atomic E-state index is 12.2. The molecule has 0 bridgehead atoms. The summed E-state index contributed by atoms with van der Waals surface area (Å²) in [4.78, 5) is 14.4. The van der Waals surface area contributed by atoms with Gasteiger partial charge in [0.05, 0.1) is 0 Å². The molecule has 0 saturated carbocycles. The van der Waals surface area contributed by atoms with Crippen LogP contribution in [-0.4, -0.2) is 29.1 Å². The van der Waals surface area contributed by atoms with Crippen molar-refractivity contribution in [2.45, 2.75) is 31.7 Å². The summed E-state index contributed by atoms with van der Waals surface area (Å²) in [6.07, 6.45) is 4.49. The van der Waals surface area contributed by atoms with Crippen LogP contribution in [0.2, 0.25) is 0 Å². The number of carbonyl (C=O) groups excluding carboxylic acids is 1. The molecule has 1 atom stereocenters. The minimum atomic E-state index is -0.415. The van der Waals surface area contributed by atoms with E-state index in [0.29, 0.717) is 5.92 Å². The van der Waals surface area contributed by atoms with Gasteiger partial charge >= 0.3 is 0 Å². The first kappa shape index (κ1) is 17.6. The van der Waals surface area contributed by atoms with E-state index in [2.05, 4.69) is 35.2 Å². The lowest BCUT2D eigenvalue weighted by molar-refractivity contribution is -0.135. The third-order valence-electron chi connectivity index (χ3n) is 5.17. The zero-order chi connectivity index (χ0) is 17.5. The Bertz CT molecular complexity index is 652. The minimum absolute atomic E-state index is 0.353. The second-order valence-electron chi connectivity index (χ2n) is 6.79. The first-order valence-electron chi connectivity index (χ1n) is 9.05. The van der Waals surface area contributed by atoms with Crippen LogP contribution < -0.4 is 5.48 Å². The fraction of sp³-hybridized carbons (Fsp3) is 0.381. The van der Waals surface area contributed by atoms with Gasteiger partial charge in [0.25, 0.3) is 5.91 Å². The van der Waals surface area contributed by atoms with Crippen LogP contribution in [-0.2, 0) is 11.2 Å². The first-order valence-corrected chi connectivity index (χ1v) is 9.05.